The van der Waals surface area contributed by atoms with Crippen LogP contribution in [0.4, 0.5) is 0 Å². The molecule has 0 aliphatic carbocycles. The predicted molar refractivity (Wildman–Crippen MR) is 61.3 cm³/mol. The van der Waals surface area contributed by atoms with E-state index in [9.17, 15) is 14.7 Å². The molecule has 0 bridgehead atoms. The van der Waals surface area contributed by atoms with Crippen molar-refractivity contribution < 1.29 is 14.7 Å². The van der Waals surface area contributed by atoms with E-state index in [1.807, 2.05) is 0 Å². The summed E-state index contributed by atoms with van der Waals surface area (Å²) >= 11 is 0. The topological polar surface area (TPSA) is 72.9 Å². The fourth-order valence-electron chi connectivity index (χ4n) is 2.20. The molecule has 2 aliphatic heterocycles. The Morgan fingerprint density at radius 2 is 1.71 bits per heavy atom. The zero-order chi connectivity index (χ0) is 12.5. The smallest absolute Gasteiger partial charge is 0.225 e. The zero-order valence-electron chi connectivity index (χ0n) is 10.1. The molecule has 2 fully saturated rings. The Bertz CT molecular complexity index is 320. The Hall–Kier alpha value is -1.14. The van der Waals surface area contributed by atoms with Gasteiger partial charge in [0, 0.05) is 46.2 Å². The molecule has 17 heavy (non-hydrogen) atoms. The third-order valence-electron chi connectivity index (χ3n) is 3.47. The maximum atomic E-state index is 11.9. The summed E-state index contributed by atoms with van der Waals surface area (Å²) in [4.78, 5) is 26.5. The summed E-state index contributed by atoms with van der Waals surface area (Å²) in [6.45, 7) is 4.86. The van der Waals surface area contributed by atoms with Crippen LogP contribution in [0, 0.1) is 0 Å². The van der Waals surface area contributed by atoms with Gasteiger partial charge in [0.25, 0.3) is 0 Å². The molecule has 2 rings (SSSR count). The first-order chi connectivity index (χ1) is 8.00. The van der Waals surface area contributed by atoms with Crippen molar-refractivity contribution in [1.29, 1.82) is 0 Å². The number of rotatable bonds is 2. The molecule has 0 aromatic rings. The van der Waals surface area contributed by atoms with Crippen molar-refractivity contribution in [3.63, 3.8) is 0 Å². The molecule has 96 valence electrons. The van der Waals surface area contributed by atoms with Gasteiger partial charge in [0.2, 0.25) is 11.8 Å². The first kappa shape index (κ1) is 12.3. The first-order valence-electron chi connectivity index (χ1n) is 5.97. The second kappa shape index (κ2) is 4.62. The maximum absolute atomic E-state index is 11.9. The molecule has 0 aromatic heterocycles. The maximum Gasteiger partial charge on any atom is 0.225 e. The van der Waals surface area contributed by atoms with E-state index in [-0.39, 0.29) is 18.2 Å². The van der Waals surface area contributed by atoms with Gasteiger partial charge in [-0.25, -0.2) is 0 Å². The van der Waals surface area contributed by atoms with E-state index in [4.69, 9.17) is 0 Å². The number of amides is 2. The van der Waals surface area contributed by atoms with Gasteiger partial charge in [-0.15, -0.1) is 0 Å². The lowest BCUT2D eigenvalue weighted by Crippen LogP contribution is -2.62. The second-order valence-corrected chi connectivity index (χ2v) is 4.89. The van der Waals surface area contributed by atoms with E-state index < -0.39 is 5.60 Å². The first-order valence-corrected chi connectivity index (χ1v) is 5.97. The highest BCUT2D eigenvalue weighted by atomic mass is 16.3. The predicted octanol–water partition coefficient (Wildman–Crippen LogP) is -1.60. The van der Waals surface area contributed by atoms with Crippen molar-refractivity contribution in [2.45, 2.75) is 18.9 Å². The standard InChI is InChI=1S/C11H19N3O3/c1-9(15)13-2-4-14(5-3-13)10(16)6-11(17)7-12-8-11/h12,17H,2-8H2,1H3. The Labute approximate surface area is 101 Å². The summed E-state index contributed by atoms with van der Waals surface area (Å²) in [6.07, 6.45) is 0.181. The molecule has 0 aromatic carbocycles. The van der Waals surface area contributed by atoms with Gasteiger partial charge < -0.3 is 20.2 Å². The van der Waals surface area contributed by atoms with Crippen molar-refractivity contribution in [3.8, 4) is 0 Å². The molecule has 6 heteroatoms. The monoisotopic (exact) mass is 241 g/mol. The molecule has 2 heterocycles. The minimum atomic E-state index is -0.852. The van der Waals surface area contributed by atoms with Gasteiger partial charge in [0.15, 0.2) is 0 Å². The number of nitrogens with one attached hydrogen (secondary N) is 1. The molecule has 2 N–H and O–H groups in total. The van der Waals surface area contributed by atoms with Gasteiger partial charge in [0.1, 0.15) is 0 Å². The van der Waals surface area contributed by atoms with Crippen molar-refractivity contribution in [1.82, 2.24) is 15.1 Å². The fraction of sp³-hybridized carbons (Fsp3) is 0.818. The van der Waals surface area contributed by atoms with Gasteiger partial charge in [-0.05, 0) is 0 Å². The van der Waals surface area contributed by atoms with Gasteiger partial charge in [0.05, 0.1) is 12.0 Å². The summed E-state index contributed by atoms with van der Waals surface area (Å²) in [5, 5.41) is 12.8. The number of carbonyl (C=O) groups is 2. The normalized spacial score (nSPS) is 23.2. The zero-order valence-corrected chi connectivity index (χ0v) is 10.1. The highest BCUT2D eigenvalue weighted by Gasteiger charge is 2.38. The molecular weight excluding hydrogens is 222 g/mol. The molecule has 2 saturated heterocycles. The Morgan fingerprint density at radius 1 is 1.18 bits per heavy atom. The molecule has 0 saturated carbocycles. The minimum Gasteiger partial charge on any atom is -0.387 e. The minimum absolute atomic E-state index is 0.0165. The van der Waals surface area contributed by atoms with Crippen LogP contribution in [0.5, 0.6) is 0 Å². The lowest BCUT2D eigenvalue weighted by Gasteiger charge is -2.40. The SMILES string of the molecule is CC(=O)N1CCN(C(=O)CC2(O)CNC2)CC1. The molecule has 0 atom stereocenters. The van der Waals surface area contributed by atoms with Crippen molar-refractivity contribution in [2.75, 3.05) is 39.3 Å². The van der Waals surface area contributed by atoms with Crippen molar-refractivity contribution >= 4 is 11.8 Å². The largest absolute Gasteiger partial charge is 0.387 e. The van der Waals surface area contributed by atoms with E-state index >= 15 is 0 Å². The number of β-amino-alcohol motifs (C(OH)–C–C–N with tert-alkyl or cyclic N) is 1. The van der Waals surface area contributed by atoms with Crippen LogP contribution in [0.25, 0.3) is 0 Å². The number of nitrogens with zero attached hydrogens (tertiary/aromatic N) is 2. The Kier molecular flexibility index (Phi) is 3.35. The van der Waals surface area contributed by atoms with E-state index in [1.54, 1.807) is 16.7 Å². The molecule has 6 nitrogen and oxygen atoms in total. The Balaban J connectivity index is 1.80. The van der Waals surface area contributed by atoms with Crippen LogP contribution in [0.1, 0.15) is 13.3 Å². The van der Waals surface area contributed by atoms with E-state index in [0.29, 0.717) is 39.3 Å². The van der Waals surface area contributed by atoms with Crippen molar-refractivity contribution in [3.05, 3.63) is 0 Å². The average molecular weight is 241 g/mol. The number of piperazine rings is 1. The van der Waals surface area contributed by atoms with Gasteiger partial charge >= 0.3 is 0 Å². The second-order valence-electron chi connectivity index (χ2n) is 4.89. The molecule has 0 radical (unpaired) electrons. The van der Waals surface area contributed by atoms with E-state index in [2.05, 4.69) is 5.32 Å². The van der Waals surface area contributed by atoms with Crippen LogP contribution in [0.3, 0.4) is 0 Å². The summed E-state index contributed by atoms with van der Waals surface area (Å²) in [5.41, 5.74) is -0.852. The summed E-state index contributed by atoms with van der Waals surface area (Å²) in [7, 11) is 0. The molecular formula is C11H19N3O3. The van der Waals surface area contributed by atoms with Gasteiger partial charge in [-0.2, -0.15) is 0 Å². The van der Waals surface area contributed by atoms with E-state index in [0.717, 1.165) is 0 Å². The van der Waals surface area contributed by atoms with E-state index in [1.165, 1.54) is 0 Å². The summed E-state index contributed by atoms with van der Waals surface area (Å²) in [5.74, 6) is 0.0381. The lowest BCUT2D eigenvalue weighted by atomic mass is 9.92. The van der Waals surface area contributed by atoms with Crippen LogP contribution in [-0.4, -0.2) is 71.6 Å². The van der Waals surface area contributed by atoms with Gasteiger partial charge in [-0.1, -0.05) is 0 Å². The third-order valence-corrected chi connectivity index (χ3v) is 3.47. The Morgan fingerprint density at radius 3 is 2.12 bits per heavy atom. The molecule has 2 aliphatic rings. The summed E-state index contributed by atoms with van der Waals surface area (Å²) in [6, 6.07) is 0. The molecule has 0 unspecified atom stereocenters. The number of hydrogen-bond acceptors (Lipinski definition) is 4. The molecule has 2 amide bonds. The molecule has 0 spiro atoms. The van der Waals surface area contributed by atoms with Crippen LogP contribution >= 0.6 is 0 Å². The summed E-state index contributed by atoms with van der Waals surface area (Å²) < 4.78 is 0. The van der Waals surface area contributed by atoms with Gasteiger partial charge in [-0.3, -0.25) is 9.59 Å². The number of aliphatic hydroxyl groups is 1. The third kappa shape index (κ3) is 2.76. The van der Waals surface area contributed by atoms with Crippen molar-refractivity contribution in [2.24, 2.45) is 0 Å². The van der Waals surface area contributed by atoms with Crippen LogP contribution in [-0.2, 0) is 9.59 Å². The number of hydrogen-bond donors (Lipinski definition) is 2. The van der Waals surface area contributed by atoms with Crippen LogP contribution in [0.2, 0.25) is 0 Å². The van der Waals surface area contributed by atoms with Crippen LogP contribution < -0.4 is 5.32 Å². The quantitative estimate of drug-likeness (QED) is 0.611. The van der Waals surface area contributed by atoms with Crippen LogP contribution in [0.15, 0.2) is 0 Å². The average Bonchev–Trinajstić information content (AvgIpc) is 2.27. The fourth-order valence-corrected chi connectivity index (χ4v) is 2.20. The number of carbonyl (C=O) groups excluding carboxylic acids is 2. The highest BCUT2D eigenvalue weighted by Crippen LogP contribution is 2.17. The highest BCUT2D eigenvalue weighted by molar-refractivity contribution is 5.78. The lowest BCUT2D eigenvalue weighted by molar-refractivity contribution is -0.143.